The van der Waals surface area contributed by atoms with Crippen LogP contribution in [0.3, 0.4) is 0 Å². The van der Waals surface area contributed by atoms with E-state index in [0.717, 1.165) is 58.3 Å². The zero-order valence-electron chi connectivity index (χ0n) is 14.2. The van der Waals surface area contributed by atoms with Crippen molar-refractivity contribution in [3.8, 4) is 0 Å². The Morgan fingerprint density at radius 2 is 2.00 bits per heavy atom. The van der Waals surface area contributed by atoms with E-state index in [2.05, 4.69) is 21.8 Å². The lowest BCUT2D eigenvalue weighted by Crippen LogP contribution is -2.49. The molecule has 130 valence electrons. The number of morpholine rings is 1. The summed E-state index contributed by atoms with van der Waals surface area (Å²) < 4.78 is 7.75. The first-order valence-corrected chi connectivity index (χ1v) is 8.91. The van der Waals surface area contributed by atoms with E-state index >= 15 is 0 Å². The molecule has 2 aliphatic heterocycles. The Labute approximate surface area is 139 Å². The van der Waals surface area contributed by atoms with Crippen LogP contribution in [0, 0.1) is 5.92 Å². The van der Waals surface area contributed by atoms with E-state index in [9.17, 15) is 5.11 Å². The van der Waals surface area contributed by atoms with Gasteiger partial charge in [-0.1, -0.05) is 6.92 Å². The monoisotopic (exact) mass is 322 g/mol. The number of hydrogen-bond acceptors (Lipinski definition) is 5. The van der Waals surface area contributed by atoms with Gasteiger partial charge in [-0.2, -0.15) is 5.10 Å². The lowest BCUT2D eigenvalue weighted by molar-refractivity contribution is -0.0513. The zero-order valence-corrected chi connectivity index (χ0v) is 14.2. The summed E-state index contributed by atoms with van der Waals surface area (Å²) in [6, 6.07) is 1.93. The van der Waals surface area contributed by atoms with Crippen molar-refractivity contribution in [3.05, 3.63) is 18.5 Å². The van der Waals surface area contributed by atoms with Gasteiger partial charge in [-0.15, -0.1) is 0 Å². The molecule has 3 rings (SSSR count). The van der Waals surface area contributed by atoms with E-state index in [0.29, 0.717) is 0 Å². The highest BCUT2D eigenvalue weighted by molar-refractivity contribution is 4.81. The molecule has 0 spiro atoms. The van der Waals surface area contributed by atoms with Crippen molar-refractivity contribution in [2.24, 2.45) is 5.92 Å². The third kappa shape index (κ3) is 5.28. The third-order valence-electron chi connectivity index (χ3n) is 4.99. The fraction of sp³-hybridized carbons (Fsp3) is 0.824. The number of β-amino-alcohol motifs (C(OH)–C–C–N with tert-alkyl or cyclic N) is 1. The predicted molar refractivity (Wildman–Crippen MR) is 89.3 cm³/mol. The second kappa shape index (κ2) is 8.24. The van der Waals surface area contributed by atoms with Crippen LogP contribution in [0.25, 0.3) is 0 Å². The Hall–Kier alpha value is -0.950. The quantitative estimate of drug-likeness (QED) is 0.835. The van der Waals surface area contributed by atoms with E-state index in [1.54, 1.807) is 6.20 Å². The Morgan fingerprint density at radius 3 is 2.74 bits per heavy atom. The number of aliphatic hydroxyl groups is 1. The number of rotatable bonds is 6. The van der Waals surface area contributed by atoms with E-state index < -0.39 is 0 Å². The van der Waals surface area contributed by atoms with Crippen molar-refractivity contribution >= 4 is 0 Å². The number of aliphatic hydroxyl groups excluding tert-OH is 1. The standard InChI is InChI=1S/C17H30N4O2/c1-15-3-7-19(8-4-15)11-16(22)12-20-9-10-23-17(13-20)14-21-6-2-5-18-21/h2,5-6,15-17,22H,3-4,7-14H2,1H3/t16-,17+/m0/s1. The summed E-state index contributed by atoms with van der Waals surface area (Å²) in [5, 5.41) is 14.7. The molecular weight excluding hydrogens is 292 g/mol. The topological polar surface area (TPSA) is 53.8 Å². The van der Waals surface area contributed by atoms with Crippen molar-refractivity contribution in [2.45, 2.75) is 38.5 Å². The van der Waals surface area contributed by atoms with Crippen LogP contribution in [0.15, 0.2) is 18.5 Å². The Kier molecular flexibility index (Phi) is 6.05. The van der Waals surface area contributed by atoms with Gasteiger partial charge in [0.25, 0.3) is 0 Å². The number of aromatic nitrogens is 2. The summed E-state index contributed by atoms with van der Waals surface area (Å²) in [5.74, 6) is 0.839. The summed E-state index contributed by atoms with van der Waals surface area (Å²) in [5.41, 5.74) is 0. The molecule has 6 nitrogen and oxygen atoms in total. The minimum absolute atomic E-state index is 0.159. The molecule has 23 heavy (non-hydrogen) atoms. The Bertz CT molecular complexity index is 445. The molecule has 6 heteroatoms. The first-order valence-electron chi connectivity index (χ1n) is 8.91. The highest BCUT2D eigenvalue weighted by Crippen LogP contribution is 2.16. The van der Waals surface area contributed by atoms with Crippen LogP contribution in [-0.2, 0) is 11.3 Å². The second-order valence-corrected chi connectivity index (χ2v) is 7.12. The van der Waals surface area contributed by atoms with Crippen LogP contribution in [0.5, 0.6) is 0 Å². The molecular formula is C17H30N4O2. The molecule has 1 aromatic heterocycles. The van der Waals surface area contributed by atoms with E-state index in [1.807, 2.05) is 16.9 Å². The Balaban J connectivity index is 1.40. The fourth-order valence-electron chi connectivity index (χ4n) is 3.57. The average molecular weight is 322 g/mol. The minimum atomic E-state index is -0.271. The smallest absolute Gasteiger partial charge is 0.0898 e. The Morgan fingerprint density at radius 1 is 1.22 bits per heavy atom. The molecule has 0 unspecified atom stereocenters. The molecule has 3 heterocycles. The van der Waals surface area contributed by atoms with Gasteiger partial charge in [-0.05, 0) is 37.9 Å². The van der Waals surface area contributed by atoms with Gasteiger partial charge in [0.2, 0.25) is 0 Å². The first-order chi connectivity index (χ1) is 11.2. The van der Waals surface area contributed by atoms with Gasteiger partial charge >= 0.3 is 0 Å². The lowest BCUT2D eigenvalue weighted by Gasteiger charge is -2.36. The molecule has 1 N–H and O–H groups in total. The summed E-state index contributed by atoms with van der Waals surface area (Å²) >= 11 is 0. The number of piperidine rings is 1. The molecule has 2 atom stereocenters. The molecule has 2 aliphatic rings. The van der Waals surface area contributed by atoms with E-state index in [-0.39, 0.29) is 12.2 Å². The van der Waals surface area contributed by atoms with Gasteiger partial charge in [-0.3, -0.25) is 9.58 Å². The third-order valence-corrected chi connectivity index (χ3v) is 4.99. The molecule has 0 aliphatic carbocycles. The van der Waals surface area contributed by atoms with Gasteiger partial charge in [0.1, 0.15) is 0 Å². The molecule has 2 saturated heterocycles. The van der Waals surface area contributed by atoms with Crippen molar-refractivity contribution in [3.63, 3.8) is 0 Å². The normalized spacial score (nSPS) is 26.4. The molecule has 0 saturated carbocycles. The van der Waals surface area contributed by atoms with E-state index in [1.165, 1.54) is 12.8 Å². The molecule has 0 radical (unpaired) electrons. The highest BCUT2D eigenvalue weighted by atomic mass is 16.5. The van der Waals surface area contributed by atoms with Crippen molar-refractivity contribution < 1.29 is 9.84 Å². The maximum Gasteiger partial charge on any atom is 0.0898 e. The summed E-state index contributed by atoms with van der Waals surface area (Å²) in [6.45, 7) is 9.41. The molecule has 2 fully saturated rings. The number of hydrogen-bond donors (Lipinski definition) is 1. The van der Waals surface area contributed by atoms with Gasteiger partial charge < -0.3 is 14.7 Å². The summed E-state index contributed by atoms with van der Waals surface area (Å²) in [6.07, 6.45) is 6.17. The fourth-order valence-corrected chi connectivity index (χ4v) is 3.57. The van der Waals surface area contributed by atoms with Gasteiger partial charge in [0, 0.05) is 38.6 Å². The van der Waals surface area contributed by atoms with Crippen LogP contribution < -0.4 is 0 Å². The van der Waals surface area contributed by atoms with Crippen LogP contribution in [0.2, 0.25) is 0 Å². The number of ether oxygens (including phenoxy) is 1. The van der Waals surface area contributed by atoms with Crippen molar-refractivity contribution in [2.75, 3.05) is 45.9 Å². The molecule has 0 aromatic carbocycles. The minimum Gasteiger partial charge on any atom is -0.390 e. The first kappa shape index (κ1) is 16.9. The highest BCUT2D eigenvalue weighted by Gasteiger charge is 2.24. The zero-order chi connectivity index (χ0) is 16.1. The summed E-state index contributed by atoms with van der Waals surface area (Å²) in [4.78, 5) is 4.74. The predicted octanol–water partition coefficient (Wildman–Crippen LogP) is 0.677. The van der Waals surface area contributed by atoms with Crippen molar-refractivity contribution in [1.29, 1.82) is 0 Å². The number of likely N-dealkylation sites (tertiary alicyclic amines) is 1. The van der Waals surface area contributed by atoms with E-state index in [4.69, 9.17) is 4.74 Å². The lowest BCUT2D eigenvalue weighted by atomic mass is 9.99. The van der Waals surface area contributed by atoms with Gasteiger partial charge in [0.05, 0.1) is 25.4 Å². The van der Waals surface area contributed by atoms with Crippen molar-refractivity contribution in [1.82, 2.24) is 19.6 Å². The second-order valence-electron chi connectivity index (χ2n) is 7.12. The van der Waals surface area contributed by atoms with Crippen LogP contribution in [-0.4, -0.2) is 82.8 Å². The van der Waals surface area contributed by atoms with Crippen LogP contribution in [0.4, 0.5) is 0 Å². The molecule has 0 amide bonds. The van der Waals surface area contributed by atoms with Crippen LogP contribution >= 0.6 is 0 Å². The molecule has 0 bridgehead atoms. The molecule has 1 aromatic rings. The maximum atomic E-state index is 10.4. The average Bonchev–Trinajstić information content (AvgIpc) is 3.03. The van der Waals surface area contributed by atoms with Gasteiger partial charge in [0.15, 0.2) is 0 Å². The largest absolute Gasteiger partial charge is 0.390 e. The van der Waals surface area contributed by atoms with Gasteiger partial charge in [-0.25, -0.2) is 0 Å². The maximum absolute atomic E-state index is 10.4. The summed E-state index contributed by atoms with van der Waals surface area (Å²) in [7, 11) is 0. The SMILES string of the molecule is CC1CCN(C[C@H](O)CN2CCO[C@@H](Cn3cccn3)C2)CC1. The van der Waals surface area contributed by atoms with Crippen LogP contribution in [0.1, 0.15) is 19.8 Å². The number of nitrogens with zero attached hydrogens (tertiary/aromatic N) is 4.